The highest BCUT2D eigenvalue weighted by atomic mass is 15.3. The maximum absolute atomic E-state index is 4.86. The fourth-order valence-electron chi connectivity index (χ4n) is 2.98. The Morgan fingerprint density at radius 1 is 0.960 bits per heavy atom. The van der Waals surface area contributed by atoms with Crippen molar-refractivity contribution in [1.82, 2.24) is 14.6 Å². The molecule has 0 fully saturated rings. The molecule has 2 heterocycles. The van der Waals surface area contributed by atoms with Crippen LogP contribution in [0.5, 0.6) is 0 Å². The van der Waals surface area contributed by atoms with Gasteiger partial charge >= 0.3 is 0 Å². The van der Waals surface area contributed by atoms with E-state index in [1.165, 1.54) is 0 Å². The monoisotopic (exact) mass is 328 g/mol. The molecule has 4 rings (SSSR count). The van der Waals surface area contributed by atoms with Gasteiger partial charge in [0.05, 0.1) is 6.20 Å². The molecule has 4 heteroatoms. The summed E-state index contributed by atoms with van der Waals surface area (Å²) in [4.78, 5) is 4.86. The smallest absolute Gasteiger partial charge is 0.165 e. The lowest BCUT2D eigenvalue weighted by Crippen LogP contribution is -2.04. The van der Waals surface area contributed by atoms with E-state index in [-0.39, 0.29) is 0 Å². The van der Waals surface area contributed by atoms with Gasteiger partial charge in [-0.25, -0.2) is 4.98 Å². The zero-order valence-corrected chi connectivity index (χ0v) is 14.2. The number of benzene rings is 2. The summed E-state index contributed by atoms with van der Waals surface area (Å²) in [7, 11) is 0. The van der Waals surface area contributed by atoms with Gasteiger partial charge in [0.15, 0.2) is 5.65 Å². The molecule has 0 amide bonds. The molecule has 124 valence electrons. The highest BCUT2D eigenvalue weighted by Crippen LogP contribution is 2.27. The van der Waals surface area contributed by atoms with E-state index in [1.807, 2.05) is 59.2 Å². The summed E-state index contributed by atoms with van der Waals surface area (Å²) in [5, 5.41) is 8.06. The number of aromatic nitrogens is 3. The molecule has 4 nitrogen and oxygen atoms in total. The predicted octanol–water partition coefficient (Wildman–Crippen LogP) is 5.09. The molecule has 25 heavy (non-hydrogen) atoms. The lowest BCUT2D eigenvalue weighted by Gasteiger charge is -2.11. The normalized spacial score (nSPS) is 10.9. The van der Waals surface area contributed by atoms with Crippen LogP contribution in [-0.2, 0) is 6.42 Å². The van der Waals surface area contributed by atoms with Crippen molar-refractivity contribution < 1.29 is 0 Å². The minimum atomic E-state index is 0.885. The van der Waals surface area contributed by atoms with Crippen LogP contribution in [0, 0.1) is 0 Å². The molecular weight excluding hydrogens is 308 g/mol. The number of hydrogen-bond acceptors (Lipinski definition) is 3. The number of para-hydroxylation sites is 1. The van der Waals surface area contributed by atoms with Gasteiger partial charge in [-0.15, -0.1) is 0 Å². The predicted molar refractivity (Wildman–Crippen MR) is 102 cm³/mol. The lowest BCUT2D eigenvalue weighted by atomic mass is 10.1. The first-order valence-electron chi connectivity index (χ1n) is 8.60. The van der Waals surface area contributed by atoms with Gasteiger partial charge in [-0.1, -0.05) is 61.9 Å². The summed E-state index contributed by atoms with van der Waals surface area (Å²) in [6.07, 6.45) is 3.89. The Morgan fingerprint density at radius 3 is 2.40 bits per heavy atom. The summed E-state index contributed by atoms with van der Waals surface area (Å²) in [5.41, 5.74) is 5.18. The maximum Gasteiger partial charge on any atom is 0.165 e. The van der Waals surface area contributed by atoms with Crippen LogP contribution >= 0.6 is 0 Å². The molecule has 0 atom stereocenters. The SMILES string of the molecule is CCCc1cc(Nc2ccccc2)n2ncc(-c3ccccc3)c2n1. The van der Waals surface area contributed by atoms with E-state index in [4.69, 9.17) is 4.98 Å². The summed E-state index contributed by atoms with van der Waals surface area (Å²) >= 11 is 0. The average Bonchev–Trinajstić information content (AvgIpc) is 3.08. The van der Waals surface area contributed by atoms with E-state index >= 15 is 0 Å². The average molecular weight is 328 g/mol. The zero-order chi connectivity index (χ0) is 17.1. The third-order valence-electron chi connectivity index (χ3n) is 4.16. The number of rotatable bonds is 5. The Balaban J connectivity index is 1.86. The Labute approximate surface area is 147 Å². The lowest BCUT2D eigenvalue weighted by molar-refractivity contribution is 0.862. The Morgan fingerprint density at radius 2 is 1.68 bits per heavy atom. The molecule has 1 N–H and O–H groups in total. The van der Waals surface area contributed by atoms with Crippen LogP contribution < -0.4 is 5.32 Å². The van der Waals surface area contributed by atoms with Gasteiger partial charge in [-0.05, 0) is 24.1 Å². The van der Waals surface area contributed by atoms with Gasteiger partial charge in [-0.3, -0.25) is 0 Å². The van der Waals surface area contributed by atoms with Crippen molar-refractivity contribution in [2.75, 3.05) is 5.32 Å². The number of anilines is 2. The van der Waals surface area contributed by atoms with E-state index in [1.54, 1.807) is 0 Å². The Kier molecular flexibility index (Phi) is 4.17. The van der Waals surface area contributed by atoms with E-state index in [9.17, 15) is 0 Å². The first-order chi connectivity index (χ1) is 12.3. The Bertz CT molecular complexity index is 975. The molecule has 0 spiro atoms. The van der Waals surface area contributed by atoms with Gasteiger partial charge in [0, 0.05) is 23.0 Å². The first-order valence-corrected chi connectivity index (χ1v) is 8.60. The molecule has 2 aromatic heterocycles. The highest BCUT2D eigenvalue weighted by Gasteiger charge is 2.13. The van der Waals surface area contributed by atoms with Crippen LogP contribution in [0.4, 0.5) is 11.5 Å². The number of nitrogens with one attached hydrogen (secondary N) is 1. The summed E-state index contributed by atoms with van der Waals surface area (Å²) in [5.74, 6) is 0.932. The van der Waals surface area contributed by atoms with E-state index < -0.39 is 0 Å². The van der Waals surface area contributed by atoms with Gasteiger partial charge in [-0.2, -0.15) is 9.61 Å². The second-order valence-electron chi connectivity index (χ2n) is 6.03. The molecular formula is C21H20N4. The molecule has 0 aliphatic carbocycles. The van der Waals surface area contributed by atoms with Crippen LogP contribution in [0.25, 0.3) is 16.8 Å². The van der Waals surface area contributed by atoms with Crippen molar-refractivity contribution in [2.45, 2.75) is 19.8 Å². The minimum absolute atomic E-state index is 0.885. The van der Waals surface area contributed by atoms with Crippen molar-refractivity contribution >= 4 is 17.2 Å². The van der Waals surface area contributed by atoms with Crippen molar-refractivity contribution in [3.05, 3.63) is 78.6 Å². The quantitative estimate of drug-likeness (QED) is 0.555. The molecule has 0 unspecified atom stereocenters. The number of fused-ring (bicyclic) bond motifs is 1. The van der Waals surface area contributed by atoms with Crippen molar-refractivity contribution in [2.24, 2.45) is 0 Å². The highest BCUT2D eigenvalue weighted by molar-refractivity contribution is 5.78. The summed E-state index contributed by atoms with van der Waals surface area (Å²) in [6, 6.07) is 22.5. The van der Waals surface area contributed by atoms with Crippen molar-refractivity contribution in [3.63, 3.8) is 0 Å². The molecule has 2 aromatic carbocycles. The standard InChI is InChI=1S/C21H20N4/c1-2-9-18-14-20(23-17-12-7-4-8-13-17)25-21(24-18)19(15-22-25)16-10-5-3-6-11-16/h3-8,10-15,23H,2,9H2,1H3. The van der Waals surface area contributed by atoms with Gasteiger partial charge in [0.2, 0.25) is 0 Å². The largest absolute Gasteiger partial charge is 0.340 e. The van der Waals surface area contributed by atoms with E-state index in [2.05, 4.69) is 35.5 Å². The molecule has 0 saturated heterocycles. The third kappa shape index (κ3) is 3.11. The fraction of sp³-hybridized carbons (Fsp3) is 0.143. The second-order valence-corrected chi connectivity index (χ2v) is 6.03. The van der Waals surface area contributed by atoms with Gasteiger partial charge in [0.25, 0.3) is 0 Å². The first kappa shape index (κ1) is 15.4. The van der Waals surface area contributed by atoms with E-state index in [0.717, 1.165) is 46.8 Å². The van der Waals surface area contributed by atoms with Crippen LogP contribution in [-0.4, -0.2) is 14.6 Å². The Hall–Kier alpha value is -3.14. The maximum atomic E-state index is 4.86. The molecule has 0 radical (unpaired) electrons. The summed E-state index contributed by atoms with van der Waals surface area (Å²) in [6.45, 7) is 2.17. The zero-order valence-electron chi connectivity index (χ0n) is 14.2. The molecule has 0 aliphatic rings. The fourth-order valence-corrected chi connectivity index (χ4v) is 2.98. The molecule has 0 aliphatic heterocycles. The topological polar surface area (TPSA) is 42.2 Å². The third-order valence-corrected chi connectivity index (χ3v) is 4.16. The minimum Gasteiger partial charge on any atom is -0.340 e. The van der Waals surface area contributed by atoms with Crippen LogP contribution in [0.3, 0.4) is 0 Å². The van der Waals surface area contributed by atoms with Gasteiger partial charge < -0.3 is 5.32 Å². The summed E-state index contributed by atoms with van der Waals surface area (Å²) < 4.78 is 1.88. The van der Waals surface area contributed by atoms with E-state index in [0.29, 0.717) is 0 Å². The van der Waals surface area contributed by atoms with Crippen LogP contribution in [0.1, 0.15) is 19.0 Å². The van der Waals surface area contributed by atoms with Crippen molar-refractivity contribution in [3.8, 4) is 11.1 Å². The molecule has 4 aromatic rings. The number of nitrogens with zero attached hydrogens (tertiary/aromatic N) is 3. The molecule has 0 saturated carbocycles. The van der Waals surface area contributed by atoms with Crippen LogP contribution in [0.15, 0.2) is 72.9 Å². The molecule has 0 bridgehead atoms. The van der Waals surface area contributed by atoms with Crippen LogP contribution in [0.2, 0.25) is 0 Å². The number of hydrogen-bond donors (Lipinski definition) is 1. The van der Waals surface area contributed by atoms with Crippen molar-refractivity contribution in [1.29, 1.82) is 0 Å². The second kappa shape index (κ2) is 6.77. The number of aryl methyl sites for hydroxylation is 1. The van der Waals surface area contributed by atoms with Gasteiger partial charge in [0.1, 0.15) is 5.82 Å².